The number of hydrogen-bond donors (Lipinski definition) is 0. The van der Waals surface area contributed by atoms with E-state index in [1.165, 1.54) is 64.3 Å². The number of ether oxygens (including phenoxy) is 1. The molecule has 9 aromatic carbocycles. The fourth-order valence-corrected chi connectivity index (χ4v) is 11.2. The van der Waals surface area contributed by atoms with Crippen LogP contribution >= 0.6 is 11.3 Å². The van der Waals surface area contributed by atoms with Gasteiger partial charge in [0.15, 0.2) is 11.5 Å². The summed E-state index contributed by atoms with van der Waals surface area (Å²) in [5.74, 6) is 2.42. The van der Waals surface area contributed by atoms with Crippen molar-refractivity contribution in [2.75, 3.05) is 4.90 Å². The maximum Gasteiger partial charge on any atom is 0.178 e. The fourth-order valence-electron chi connectivity index (χ4n) is 10.1. The second-order valence-corrected chi connectivity index (χ2v) is 16.6. The lowest BCUT2D eigenvalue weighted by Gasteiger charge is -2.36. The van der Waals surface area contributed by atoms with Crippen LogP contribution in [-0.4, -0.2) is 0 Å². The number of thiophene rings is 1. The van der Waals surface area contributed by atoms with Crippen LogP contribution in [0.2, 0.25) is 0 Å². The highest BCUT2D eigenvalue weighted by molar-refractivity contribution is 7.26. The normalized spacial score (nSPS) is 13.4. The number of furan rings is 1. The third-order valence-corrected chi connectivity index (χ3v) is 13.7. The molecule has 0 unspecified atom stereocenters. The quantitative estimate of drug-likeness (QED) is 0.178. The number of nitrogens with zero attached hydrogens (tertiary/aromatic N) is 1. The molecule has 1 aliphatic heterocycles. The van der Waals surface area contributed by atoms with Crippen molar-refractivity contribution in [3.8, 4) is 33.8 Å². The van der Waals surface area contributed by atoms with E-state index >= 15 is 0 Å². The van der Waals surface area contributed by atoms with E-state index in [0.717, 1.165) is 50.9 Å². The Kier molecular flexibility index (Phi) is 6.81. The number of benzene rings is 9. The lowest BCUT2D eigenvalue weighted by atomic mass is 9.69. The van der Waals surface area contributed by atoms with Gasteiger partial charge < -0.3 is 14.1 Å². The smallest absolute Gasteiger partial charge is 0.178 e. The molecule has 0 N–H and O–H groups in total. The lowest BCUT2D eigenvalue weighted by molar-refractivity contribution is 0.389. The van der Waals surface area contributed by atoms with Gasteiger partial charge in [0.25, 0.3) is 0 Å². The summed E-state index contributed by atoms with van der Waals surface area (Å²) in [6, 6.07) is 72.2. The number of fused-ring (bicyclic) bond motifs is 15. The van der Waals surface area contributed by atoms with Gasteiger partial charge in [0.05, 0.1) is 11.1 Å². The Labute approximate surface area is 344 Å². The zero-order chi connectivity index (χ0) is 38.7. The molecule has 0 saturated heterocycles. The Morgan fingerprint density at radius 1 is 0.458 bits per heavy atom. The average molecular weight is 772 g/mol. The molecule has 2 aliphatic rings. The highest BCUT2D eigenvalue weighted by atomic mass is 32.1. The van der Waals surface area contributed by atoms with E-state index in [1.807, 2.05) is 11.3 Å². The van der Waals surface area contributed by atoms with Gasteiger partial charge >= 0.3 is 0 Å². The van der Waals surface area contributed by atoms with Crippen molar-refractivity contribution in [2.24, 2.45) is 0 Å². The van der Waals surface area contributed by atoms with Crippen LogP contribution in [0.1, 0.15) is 22.5 Å². The Balaban J connectivity index is 1.05. The predicted octanol–water partition coefficient (Wildman–Crippen LogP) is 15.6. The van der Waals surface area contributed by atoms with Crippen LogP contribution in [0, 0.1) is 0 Å². The molecular weight excluding hydrogens is 739 g/mol. The summed E-state index contributed by atoms with van der Waals surface area (Å²) in [6.07, 6.45) is 0. The molecule has 59 heavy (non-hydrogen) atoms. The molecule has 0 atom stereocenters. The zero-order valence-electron chi connectivity index (χ0n) is 31.7. The van der Waals surface area contributed by atoms with Gasteiger partial charge in [-0.05, 0) is 98.8 Å². The summed E-state index contributed by atoms with van der Waals surface area (Å²) < 4.78 is 16.6. The molecule has 0 bridgehead atoms. The monoisotopic (exact) mass is 771 g/mol. The van der Waals surface area contributed by atoms with Crippen LogP contribution in [0.4, 0.5) is 17.1 Å². The molecule has 1 spiro atoms. The lowest BCUT2D eigenvalue weighted by Crippen LogP contribution is -2.31. The van der Waals surface area contributed by atoms with Crippen LogP contribution in [0.3, 0.4) is 0 Å². The van der Waals surface area contributed by atoms with Gasteiger partial charge in [0.2, 0.25) is 0 Å². The minimum absolute atomic E-state index is 0.672. The average Bonchev–Trinajstić information content (AvgIpc) is 3.96. The third kappa shape index (κ3) is 4.52. The van der Waals surface area contributed by atoms with Gasteiger partial charge in [-0.3, -0.25) is 0 Å². The minimum Gasteiger partial charge on any atom is -0.455 e. The summed E-state index contributed by atoms with van der Waals surface area (Å²) >= 11 is 1.84. The van der Waals surface area contributed by atoms with Crippen molar-refractivity contribution in [3.05, 3.63) is 223 Å². The Hall–Kier alpha value is -7.40. The molecule has 11 aromatic rings. The largest absolute Gasteiger partial charge is 0.455 e. The third-order valence-electron chi connectivity index (χ3n) is 12.5. The van der Waals surface area contributed by atoms with E-state index in [9.17, 15) is 0 Å². The molecule has 0 fully saturated rings. The standard InChI is InChI=1S/C55H33NO2S/c1-2-15-38-34(13-1)14-11-19-39(38)35-27-29-36(30-28-35)56(47-23-12-26-51-52(47)42-18-5-10-25-50(42)59-51)37-31-32-48-43(33-37)53-54(58-48)55(46-22-8-9-24-49(46)57-53)44-20-6-3-16-40(44)41-17-4-7-21-45(41)55/h1-33H. The maximum absolute atomic E-state index is 7.12. The van der Waals surface area contributed by atoms with Gasteiger partial charge in [-0.1, -0.05) is 146 Å². The summed E-state index contributed by atoms with van der Waals surface area (Å²) in [5, 5.41) is 5.91. The van der Waals surface area contributed by atoms with E-state index in [0.29, 0.717) is 0 Å². The first-order valence-electron chi connectivity index (χ1n) is 20.1. The van der Waals surface area contributed by atoms with Crippen molar-refractivity contribution in [1.29, 1.82) is 0 Å². The van der Waals surface area contributed by atoms with E-state index in [4.69, 9.17) is 9.15 Å². The van der Waals surface area contributed by atoms with Crippen LogP contribution in [0.15, 0.2) is 205 Å². The van der Waals surface area contributed by atoms with Crippen molar-refractivity contribution in [2.45, 2.75) is 5.41 Å². The molecule has 3 nitrogen and oxygen atoms in total. The Morgan fingerprint density at radius 3 is 1.92 bits per heavy atom. The maximum atomic E-state index is 7.12. The summed E-state index contributed by atoms with van der Waals surface area (Å²) in [6.45, 7) is 0. The van der Waals surface area contributed by atoms with E-state index in [-0.39, 0.29) is 0 Å². The Bertz CT molecular complexity index is 3450. The number of anilines is 3. The van der Waals surface area contributed by atoms with Crippen molar-refractivity contribution >= 4 is 70.3 Å². The minimum atomic E-state index is -0.672. The predicted molar refractivity (Wildman–Crippen MR) is 244 cm³/mol. The van der Waals surface area contributed by atoms with Crippen LogP contribution < -0.4 is 9.64 Å². The second-order valence-electron chi connectivity index (χ2n) is 15.5. The highest BCUT2D eigenvalue weighted by Crippen LogP contribution is 2.64. The van der Waals surface area contributed by atoms with Crippen molar-refractivity contribution < 1.29 is 9.15 Å². The first-order chi connectivity index (χ1) is 29.3. The second kappa shape index (κ2) is 12.3. The number of rotatable bonds is 4. The van der Waals surface area contributed by atoms with Crippen molar-refractivity contribution in [3.63, 3.8) is 0 Å². The van der Waals surface area contributed by atoms with Crippen molar-refractivity contribution in [1.82, 2.24) is 0 Å². The SMILES string of the molecule is c1ccc2c(c1)Oc1c(oc3ccc(N(c4ccc(-c5cccc6ccccc56)cc4)c4cccc5sc6ccccc6c45)cc13)C21c2ccccc2-c2ccccc21. The molecule has 13 rings (SSSR count). The van der Waals surface area contributed by atoms with Gasteiger partial charge in [-0.2, -0.15) is 0 Å². The first-order valence-corrected chi connectivity index (χ1v) is 20.9. The van der Waals surface area contributed by atoms with E-state index in [1.54, 1.807) is 0 Å². The Morgan fingerprint density at radius 2 is 1.08 bits per heavy atom. The number of para-hydroxylation sites is 1. The first kappa shape index (κ1) is 32.7. The van der Waals surface area contributed by atoms with E-state index < -0.39 is 5.41 Å². The van der Waals surface area contributed by atoms with Gasteiger partial charge in [0.1, 0.15) is 16.7 Å². The molecular formula is C55H33NO2S. The van der Waals surface area contributed by atoms with Gasteiger partial charge in [-0.15, -0.1) is 11.3 Å². The van der Waals surface area contributed by atoms with Gasteiger partial charge in [0, 0.05) is 37.1 Å². The molecule has 4 heteroatoms. The number of hydrogen-bond acceptors (Lipinski definition) is 4. The van der Waals surface area contributed by atoms with E-state index in [2.05, 4.69) is 205 Å². The summed E-state index contributed by atoms with van der Waals surface area (Å²) in [4.78, 5) is 2.40. The molecule has 0 amide bonds. The van der Waals surface area contributed by atoms with Crippen LogP contribution in [0.5, 0.6) is 11.5 Å². The zero-order valence-corrected chi connectivity index (χ0v) is 32.5. The summed E-state index contributed by atoms with van der Waals surface area (Å²) in [5.41, 5.74) is 11.7. The fraction of sp³-hybridized carbons (Fsp3) is 0.0182. The molecule has 276 valence electrons. The topological polar surface area (TPSA) is 25.6 Å². The van der Waals surface area contributed by atoms with Gasteiger partial charge in [-0.25, -0.2) is 0 Å². The molecule has 0 saturated carbocycles. The molecule has 1 aliphatic carbocycles. The molecule has 2 aromatic heterocycles. The van der Waals surface area contributed by atoms with Crippen LogP contribution in [-0.2, 0) is 5.41 Å². The summed E-state index contributed by atoms with van der Waals surface area (Å²) in [7, 11) is 0. The molecule has 3 heterocycles. The highest BCUT2D eigenvalue weighted by Gasteiger charge is 2.54. The van der Waals surface area contributed by atoms with Crippen LogP contribution in [0.25, 0.3) is 64.2 Å². The molecule has 0 radical (unpaired) electrons.